The SMILES string of the molecule is O=C(Nc1nccs1)c1cc(Cl)cc(Cl)c1. The van der Waals surface area contributed by atoms with Crippen LogP contribution in [-0.2, 0) is 0 Å². The van der Waals surface area contributed by atoms with Crippen molar-refractivity contribution in [3.05, 3.63) is 45.4 Å². The maximum atomic E-state index is 11.8. The summed E-state index contributed by atoms with van der Waals surface area (Å²) >= 11 is 12.9. The van der Waals surface area contributed by atoms with Crippen LogP contribution in [0.4, 0.5) is 5.13 Å². The second-order valence-electron chi connectivity index (χ2n) is 2.95. The molecule has 0 radical (unpaired) electrons. The zero-order valence-electron chi connectivity index (χ0n) is 7.91. The number of thiazole rings is 1. The highest BCUT2D eigenvalue weighted by Crippen LogP contribution is 2.20. The summed E-state index contributed by atoms with van der Waals surface area (Å²) < 4.78 is 0. The van der Waals surface area contributed by atoms with Gasteiger partial charge in [-0.2, -0.15) is 0 Å². The second-order valence-corrected chi connectivity index (χ2v) is 4.72. The first-order valence-corrected chi connectivity index (χ1v) is 5.95. The lowest BCUT2D eigenvalue weighted by Gasteiger charge is -2.02. The zero-order valence-corrected chi connectivity index (χ0v) is 10.2. The van der Waals surface area contributed by atoms with Gasteiger partial charge in [0.15, 0.2) is 5.13 Å². The molecule has 0 bridgehead atoms. The van der Waals surface area contributed by atoms with Crippen molar-refractivity contribution in [1.29, 1.82) is 0 Å². The van der Waals surface area contributed by atoms with E-state index in [9.17, 15) is 4.79 Å². The average molecular weight is 273 g/mol. The predicted octanol–water partition coefficient (Wildman–Crippen LogP) is 3.70. The summed E-state index contributed by atoms with van der Waals surface area (Å²) in [6, 6.07) is 4.68. The highest BCUT2D eigenvalue weighted by molar-refractivity contribution is 7.13. The highest BCUT2D eigenvalue weighted by atomic mass is 35.5. The summed E-state index contributed by atoms with van der Waals surface area (Å²) in [6.45, 7) is 0. The smallest absolute Gasteiger partial charge is 0.257 e. The van der Waals surface area contributed by atoms with Gasteiger partial charge in [0.2, 0.25) is 0 Å². The Kier molecular flexibility index (Phi) is 3.43. The number of hydrogen-bond acceptors (Lipinski definition) is 3. The van der Waals surface area contributed by atoms with E-state index < -0.39 is 0 Å². The normalized spacial score (nSPS) is 10.1. The molecule has 0 atom stereocenters. The molecule has 0 saturated carbocycles. The summed E-state index contributed by atoms with van der Waals surface area (Å²) in [6.07, 6.45) is 1.62. The molecule has 2 rings (SSSR count). The Balaban J connectivity index is 2.21. The van der Waals surface area contributed by atoms with Crippen molar-refractivity contribution >= 4 is 45.6 Å². The number of aromatic nitrogens is 1. The third-order valence-electron chi connectivity index (χ3n) is 1.78. The van der Waals surface area contributed by atoms with E-state index in [1.54, 1.807) is 29.8 Å². The molecule has 1 aromatic carbocycles. The number of rotatable bonds is 2. The summed E-state index contributed by atoms with van der Waals surface area (Å²) in [5.74, 6) is -0.278. The van der Waals surface area contributed by atoms with E-state index in [0.717, 1.165) is 0 Å². The minimum Gasteiger partial charge on any atom is -0.298 e. The largest absolute Gasteiger partial charge is 0.298 e. The van der Waals surface area contributed by atoms with Crippen molar-refractivity contribution in [2.45, 2.75) is 0 Å². The molecule has 3 nitrogen and oxygen atoms in total. The zero-order chi connectivity index (χ0) is 11.5. The van der Waals surface area contributed by atoms with Gasteiger partial charge in [-0.1, -0.05) is 23.2 Å². The molecule has 1 heterocycles. The molecule has 82 valence electrons. The van der Waals surface area contributed by atoms with Crippen LogP contribution in [0.5, 0.6) is 0 Å². The number of nitrogens with zero attached hydrogens (tertiary/aromatic N) is 1. The fourth-order valence-electron chi connectivity index (χ4n) is 1.14. The van der Waals surface area contributed by atoms with Crippen molar-refractivity contribution in [3.63, 3.8) is 0 Å². The maximum Gasteiger partial charge on any atom is 0.257 e. The molecule has 1 amide bonds. The Hall–Kier alpha value is -1.10. The number of nitrogens with one attached hydrogen (secondary N) is 1. The third-order valence-corrected chi connectivity index (χ3v) is 2.90. The molecular weight excluding hydrogens is 267 g/mol. The van der Waals surface area contributed by atoms with Gasteiger partial charge in [0.25, 0.3) is 5.91 Å². The molecule has 0 unspecified atom stereocenters. The van der Waals surface area contributed by atoms with E-state index >= 15 is 0 Å². The van der Waals surface area contributed by atoms with Gasteiger partial charge in [0, 0.05) is 27.2 Å². The van der Waals surface area contributed by atoms with E-state index in [0.29, 0.717) is 20.7 Å². The molecule has 6 heteroatoms. The predicted molar refractivity (Wildman–Crippen MR) is 66.5 cm³/mol. The molecule has 0 aliphatic carbocycles. The third kappa shape index (κ3) is 2.72. The molecule has 0 fully saturated rings. The van der Waals surface area contributed by atoms with Crippen LogP contribution in [0, 0.1) is 0 Å². The molecule has 0 aliphatic heterocycles. The number of carbonyl (C=O) groups is 1. The number of amides is 1. The van der Waals surface area contributed by atoms with Gasteiger partial charge >= 0.3 is 0 Å². The summed E-state index contributed by atoms with van der Waals surface area (Å²) in [5.41, 5.74) is 0.410. The fourth-order valence-corrected chi connectivity index (χ4v) is 2.19. The van der Waals surface area contributed by atoms with Gasteiger partial charge in [-0.25, -0.2) is 4.98 Å². The average Bonchev–Trinajstić information content (AvgIpc) is 2.68. The lowest BCUT2D eigenvalue weighted by Crippen LogP contribution is -2.11. The second kappa shape index (κ2) is 4.82. The molecule has 16 heavy (non-hydrogen) atoms. The molecule has 0 spiro atoms. The maximum absolute atomic E-state index is 11.8. The first kappa shape index (κ1) is 11.4. The van der Waals surface area contributed by atoms with Crippen LogP contribution >= 0.6 is 34.5 Å². The molecule has 0 aliphatic rings. The Bertz CT molecular complexity index is 493. The number of carbonyl (C=O) groups excluding carboxylic acids is 1. The van der Waals surface area contributed by atoms with Crippen LogP contribution in [0.1, 0.15) is 10.4 Å². The summed E-state index contributed by atoms with van der Waals surface area (Å²) in [7, 11) is 0. The van der Waals surface area contributed by atoms with E-state index in [2.05, 4.69) is 10.3 Å². The Morgan fingerprint density at radius 3 is 2.50 bits per heavy atom. The number of anilines is 1. The van der Waals surface area contributed by atoms with Crippen molar-refractivity contribution < 1.29 is 4.79 Å². The van der Waals surface area contributed by atoms with E-state index in [-0.39, 0.29) is 5.91 Å². The van der Waals surface area contributed by atoms with Crippen molar-refractivity contribution in [1.82, 2.24) is 4.98 Å². The van der Waals surface area contributed by atoms with Crippen molar-refractivity contribution in [3.8, 4) is 0 Å². The number of halogens is 2. The molecule has 1 N–H and O–H groups in total. The first-order valence-electron chi connectivity index (χ1n) is 4.32. The minimum absolute atomic E-state index is 0.278. The Labute approximate surface area is 106 Å². The first-order chi connectivity index (χ1) is 7.65. The van der Waals surface area contributed by atoms with Crippen molar-refractivity contribution in [2.24, 2.45) is 0 Å². The van der Waals surface area contributed by atoms with Gasteiger partial charge in [-0.3, -0.25) is 10.1 Å². The monoisotopic (exact) mass is 272 g/mol. The van der Waals surface area contributed by atoms with Crippen LogP contribution in [-0.4, -0.2) is 10.9 Å². The quantitative estimate of drug-likeness (QED) is 0.906. The lowest BCUT2D eigenvalue weighted by molar-refractivity contribution is 0.102. The van der Waals surface area contributed by atoms with Gasteiger partial charge < -0.3 is 0 Å². The van der Waals surface area contributed by atoms with Crippen molar-refractivity contribution in [2.75, 3.05) is 5.32 Å². The van der Waals surface area contributed by atoms with Gasteiger partial charge in [0.05, 0.1) is 0 Å². The van der Waals surface area contributed by atoms with Gasteiger partial charge in [-0.05, 0) is 18.2 Å². The fraction of sp³-hybridized carbons (Fsp3) is 0. The summed E-state index contributed by atoms with van der Waals surface area (Å²) in [4.78, 5) is 15.7. The molecular formula is C10H6Cl2N2OS. The van der Waals surface area contributed by atoms with E-state index in [1.165, 1.54) is 11.3 Å². The summed E-state index contributed by atoms with van der Waals surface area (Å²) in [5, 5.41) is 5.82. The van der Waals surface area contributed by atoms with Gasteiger partial charge in [0.1, 0.15) is 0 Å². The molecule has 0 saturated heterocycles. The van der Waals surface area contributed by atoms with Crippen LogP contribution < -0.4 is 5.32 Å². The van der Waals surface area contributed by atoms with Crippen LogP contribution in [0.15, 0.2) is 29.8 Å². The van der Waals surface area contributed by atoms with E-state index in [1.807, 2.05) is 0 Å². The Morgan fingerprint density at radius 1 is 1.25 bits per heavy atom. The highest BCUT2D eigenvalue weighted by Gasteiger charge is 2.09. The van der Waals surface area contributed by atoms with Crippen LogP contribution in [0.3, 0.4) is 0 Å². The lowest BCUT2D eigenvalue weighted by atomic mass is 10.2. The molecule has 1 aromatic heterocycles. The van der Waals surface area contributed by atoms with Crippen LogP contribution in [0.2, 0.25) is 10.0 Å². The van der Waals surface area contributed by atoms with Crippen LogP contribution in [0.25, 0.3) is 0 Å². The molecule has 2 aromatic rings. The number of hydrogen-bond donors (Lipinski definition) is 1. The minimum atomic E-state index is -0.278. The number of benzene rings is 1. The standard InChI is InChI=1S/C10H6Cl2N2OS/c11-7-3-6(4-8(12)5-7)9(15)14-10-13-1-2-16-10/h1-5H,(H,13,14,15). The van der Waals surface area contributed by atoms with E-state index in [4.69, 9.17) is 23.2 Å². The Morgan fingerprint density at radius 2 is 1.94 bits per heavy atom. The van der Waals surface area contributed by atoms with Gasteiger partial charge in [-0.15, -0.1) is 11.3 Å². The topological polar surface area (TPSA) is 42.0 Å².